The van der Waals surface area contributed by atoms with Crippen molar-refractivity contribution >= 4 is 23.1 Å². The first-order valence-corrected chi connectivity index (χ1v) is 3.08. The molecule has 1 nitrogen and oxygen atoms in total. The van der Waals surface area contributed by atoms with Crippen molar-refractivity contribution in [3.05, 3.63) is 16.1 Å². The number of aromatic nitrogens is 1. The lowest BCUT2D eigenvalue weighted by Gasteiger charge is -1.74. The van der Waals surface area contributed by atoms with Crippen LogP contribution in [0.1, 0.15) is 5.56 Å². The van der Waals surface area contributed by atoms with Gasteiger partial charge in [-0.2, -0.15) is 4.37 Å². The van der Waals surface area contributed by atoms with Gasteiger partial charge in [-0.25, -0.2) is 0 Å². The van der Waals surface area contributed by atoms with E-state index in [0.29, 0.717) is 5.15 Å². The van der Waals surface area contributed by atoms with Crippen LogP contribution >= 0.6 is 23.1 Å². The van der Waals surface area contributed by atoms with Crippen LogP contribution in [0.15, 0.2) is 5.38 Å². The average Bonchev–Trinajstić information content (AvgIpc) is 1.91. The maximum atomic E-state index is 5.52. The highest BCUT2D eigenvalue weighted by Gasteiger charge is 1.91. The Morgan fingerprint density at radius 3 is 2.71 bits per heavy atom. The third-order valence-electron chi connectivity index (χ3n) is 0.688. The molecule has 1 aromatic heterocycles. The molecule has 0 amide bonds. The summed E-state index contributed by atoms with van der Waals surface area (Å²) in [5.41, 5.74) is 1.06. The highest BCUT2D eigenvalue weighted by molar-refractivity contribution is 7.04. The molecule has 7 heavy (non-hydrogen) atoms. The average molecular weight is 134 g/mol. The van der Waals surface area contributed by atoms with Crippen LogP contribution in [0.25, 0.3) is 0 Å². The maximum Gasteiger partial charge on any atom is 0.145 e. The summed E-state index contributed by atoms with van der Waals surface area (Å²) in [5, 5.41) is 2.55. The molecule has 3 heteroatoms. The van der Waals surface area contributed by atoms with E-state index >= 15 is 0 Å². The van der Waals surface area contributed by atoms with E-state index in [0.717, 1.165) is 5.56 Å². The van der Waals surface area contributed by atoms with E-state index in [9.17, 15) is 0 Å². The van der Waals surface area contributed by atoms with E-state index in [1.54, 1.807) is 0 Å². The summed E-state index contributed by atoms with van der Waals surface area (Å²) >= 11 is 6.91. The Morgan fingerprint density at radius 2 is 2.57 bits per heavy atom. The van der Waals surface area contributed by atoms with E-state index in [-0.39, 0.29) is 0 Å². The summed E-state index contributed by atoms with van der Waals surface area (Å²) in [5.74, 6) is 0. The molecule has 0 bridgehead atoms. The van der Waals surface area contributed by atoms with Crippen molar-refractivity contribution in [2.75, 3.05) is 0 Å². The lowest BCUT2D eigenvalue weighted by molar-refractivity contribution is 1.45. The highest BCUT2D eigenvalue weighted by Crippen LogP contribution is 2.13. The quantitative estimate of drug-likeness (QED) is 0.528. The van der Waals surface area contributed by atoms with Crippen LogP contribution in [0.5, 0.6) is 0 Å². The monoisotopic (exact) mass is 133 g/mol. The number of halogens is 1. The standard InChI is InChI=1S/C4H4ClNS/c1-3-2-7-6-4(3)5/h2H,1H3. The van der Waals surface area contributed by atoms with Gasteiger partial charge in [0.15, 0.2) is 0 Å². The fraction of sp³-hybridized carbons (Fsp3) is 0.250. The van der Waals surface area contributed by atoms with Crippen LogP contribution in [-0.4, -0.2) is 4.37 Å². The molecule has 0 radical (unpaired) electrons. The molecule has 0 spiro atoms. The third kappa shape index (κ3) is 0.924. The Labute approximate surface area is 51.1 Å². The molecule has 1 rings (SSSR count). The van der Waals surface area contributed by atoms with E-state index in [1.165, 1.54) is 11.5 Å². The van der Waals surface area contributed by atoms with Crippen molar-refractivity contribution < 1.29 is 0 Å². The molecule has 0 aromatic carbocycles. The van der Waals surface area contributed by atoms with Crippen molar-refractivity contribution in [1.29, 1.82) is 0 Å². The van der Waals surface area contributed by atoms with Crippen LogP contribution < -0.4 is 0 Å². The van der Waals surface area contributed by atoms with Crippen molar-refractivity contribution in [2.24, 2.45) is 0 Å². The van der Waals surface area contributed by atoms with Crippen molar-refractivity contribution in [1.82, 2.24) is 4.37 Å². The molecule has 0 atom stereocenters. The van der Waals surface area contributed by atoms with Gasteiger partial charge in [0.1, 0.15) is 5.15 Å². The van der Waals surface area contributed by atoms with E-state index in [1.807, 2.05) is 12.3 Å². The molecule has 0 unspecified atom stereocenters. The van der Waals surface area contributed by atoms with Crippen LogP contribution in [-0.2, 0) is 0 Å². The van der Waals surface area contributed by atoms with E-state index < -0.39 is 0 Å². The Balaban J connectivity index is 3.12. The SMILES string of the molecule is Cc1csnc1Cl. The molecule has 0 N–H and O–H groups in total. The molecule has 0 saturated heterocycles. The Morgan fingerprint density at radius 1 is 1.86 bits per heavy atom. The van der Waals surface area contributed by atoms with Crippen molar-refractivity contribution in [3.8, 4) is 0 Å². The molecule has 1 heterocycles. The summed E-state index contributed by atoms with van der Waals surface area (Å²) < 4.78 is 3.82. The molecular weight excluding hydrogens is 130 g/mol. The summed E-state index contributed by atoms with van der Waals surface area (Å²) in [4.78, 5) is 0. The van der Waals surface area contributed by atoms with Crippen LogP contribution in [0.3, 0.4) is 0 Å². The summed E-state index contributed by atoms with van der Waals surface area (Å²) in [7, 11) is 0. The number of hydrogen-bond acceptors (Lipinski definition) is 2. The number of hydrogen-bond donors (Lipinski definition) is 0. The van der Waals surface area contributed by atoms with Gasteiger partial charge in [0.05, 0.1) is 0 Å². The van der Waals surface area contributed by atoms with Gasteiger partial charge in [-0.15, -0.1) is 0 Å². The molecule has 0 saturated carbocycles. The molecule has 0 aliphatic rings. The fourth-order valence-corrected chi connectivity index (χ4v) is 1.07. The maximum absolute atomic E-state index is 5.52. The Bertz CT molecular complexity index is 144. The first-order valence-electron chi connectivity index (χ1n) is 1.87. The minimum absolute atomic E-state index is 0.630. The highest BCUT2D eigenvalue weighted by atomic mass is 35.5. The predicted octanol–water partition coefficient (Wildman–Crippen LogP) is 2.10. The van der Waals surface area contributed by atoms with Crippen LogP contribution in [0.2, 0.25) is 5.15 Å². The van der Waals surface area contributed by atoms with E-state index in [4.69, 9.17) is 11.6 Å². The first-order chi connectivity index (χ1) is 3.30. The van der Waals surface area contributed by atoms with Gasteiger partial charge >= 0.3 is 0 Å². The van der Waals surface area contributed by atoms with Gasteiger partial charge in [0, 0.05) is 5.38 Å². The molecular formula is C4H4ClNS. The molecule has 38 valence electrons. The number of rotatable bonds is 0. The van der Waals surface area contributed by atoms with E-state index in [2.05, 4.69) is 4.37 Å². The molecule has 0 aliphatic heterocycles. The van der Waals surface area contributed by atoms with Gasteiger partial charge < -0.3 is 0 Å². The Kier molecular flexibility index (Phi) is 1.30. The van der Waals surface area contributed by atoms with Gasteiger partial charge in [-0.05, 0) is 24.0 Å². The third-order valence-corrected chi connectivity index (χ3v) is 1.92. The lowest BCUT2D eigenvalue weighted by atomic mass is 10.4. The zero-order chi connectivity index (χ0) is 5.28. The van der Waals surface area contributed by atoms with Gasteiger partial charge in [0.2, 0.25) is 0 Å². The second-order valence-corrected chi connectivity index (χ2v) is 2.28. The zero-order valence-corrected chi connectivity index (χ0v) is 5.38. The smallest absolute Gasteiger partial charge is 0.145 e. The first kappa shape index (κ1) is 5.06. The largest absolute Gasteiger partial charge is 0.181 e. The second kappa shape index (κ2) is 1.80. The normalized spacial score (nSPS) is 9.43. The van der Waals surface area contributed by atoms with Gasteiger partial charge in [-0.1, -0.05) is 11.6 Å². The fourth-order valence-electron chi connectivity index (χ4n) is 0.272. The lowest BCUT2D eigenvalue weighted by Crippen LogP contribution is -1.60. The number of nitrogens with zero attached hydrogens (tertiary/aromatic N) is 1. The topological polar surface area (TPSA) is 12.9 Å². The van der Waals surface area contributed by atoms with Crippen LogP contribution in [0.4, 0.5) is 0 Å². The minimum atomic E-state index is 0.630. The molecule has 0 aliphatic carbocycles. The van der Waals surface area contributed by atoms with Crippen LogP contribution in [0, 0.1) is 6.92 Å². The summed E-state index contributed by atoms with van der Waals surface area (Å²) in [6, 6.07) is 0. The minimum Gasteiger partial charge on any atom is -0.181 e. The number of aryl methyl sites for hydroxylation is 1. The van der Waals surface area contributed by atoms with Crippen molar-refractivity contribution in [2.45, 2.75) is 6.92 Å². The second-order valence-electron chi connectivity index (χ2n) is 1.29. The molecule has 1 aromatic rings. The zero-order valence-electron chi connectivity index (χ0n) is 3.81. The summed E-state index contributed by atoms with van der Waals surface area (Å²) in [6.45, 7) is 1.94. The molecule has 0 fully saturated rings. The van der Waals surface area contributed by atoms with Gasteiger partial charge in [0.25, 0.3) is 0 Å². The Hall–Kier alpha value is -0.0800. The van der Waals surface area contributed by atoms with Gasteiger partial charge in [-0.3, -0.25) is 0 Å². The predicted molar refractivity (Wildman–Crippen MR) is 31.9 cm³/mol. The van der Waals surface area contributed by atoms with Crippen molar-refractivity contribution in [3.63, 3.8) is 0 Å². The summed E-state index contributed by atoms with van der Waals surface area (Å²) in [6.07, 6.45) is 0.